The molecule has 0 heterocycles. The van der Waals surface area contributed by atoms with E-state index in [0.29, 0.717) is 12.1 Å². The lowest BCUT2D eigenvalue weighted by Crippen LogP contribution is -2.35. The van der Waals surface area contributed by atoms with Crippen molar-refractivity contribution in [2.45, 2.75) is 69.4 Å². The van der Waals surface area contributed by atoms with Crippen molar-refractivity contribution in [3.05, 3.63) is 29.8 Å². The van der Waals surface area contributed by atoms with Crippen molar-refractivity contribution in [3.63, 3.8) is 0 Å². The Hall–Kier alpha value is -0.470. The highest BCUT2D eigenvalue weighted by molar-refractivity contribution is 7.98. The molecule has 0 aromatic heterocycles. The van der Waals surface area contributed by atoms with Crippen LogP contribution in [0, 0.1) is 5.92 Å². The monoisotopic (exact) mass is 291 g/mol. The topological polar surface area (TPSA) is 12.0 Å². The predicted octanol–water partition coefficient (Wildman–Crippen LogP) is 5.42. The smallest absolute Gasteiger partial charge is 0.0294 e. The Labute approximate surface area is 128 Å². The minimum Gasteiger partial charge on any atom is -0.307 e. The number of benzene rings is 1. The van der Waals surface area contributed by atoms with Gasteiger partial charge in [-0.2, -0.15) is 0 Å². The molecule has 20 heavy (non-hydrogen) atoms. The third-order valence-electron chi connectivity index (χ3n) is 4.74. The second kappa shape index (κ2) is 8.09. The minimum absolute atomic E-state index is 0.448. The lowest BCUT2D eigenvalue weighted by Gasteiger charge is -2.27. The van der Waals surface area contributed by atoms with Crippen LogP contribution >= 0.6 is 11.8 Å². The van der Waals surface area contributed by atoms with Crippen LogP contribution in [-0.2, 0) is 0 Å². The van der Waals surface area contributed by atoms with E-state index in [-0.39, 0.29) is 0 Å². The summed E-state index contributed by atoms with van der Waals surface area (Å²) in [5, 5.41) is 3.82. The van der Waals surface area contributed by atoms with Gasteiger partial charge in [0.25, 0.3) is 0 Å². The maximum absolute atomic E-state index is 3.82. The first kappa shape index (κ1) is 15.9. The van der Waals surface area contributed by atoms with Gasteiger partial charge in [-0.25, -0.2) is 0 Å². The van der Waals surface area contributed by atoms with E-state index in [0.717, 1.165) is 5.92 Å². The van der Waals surface area contributed by atoms with E-state index >= 15 is 0 Å². The predicted molar refractivity (Wildman–Crippen MR) is 90.4 cm³/mol. The number of rotatable bonds is 5. The summed E-state index contributed by atoms with van der Waals surface area (Å²) in [5.41, 5.74) is 1.41. The van der Waals surface area contributed by atoms with Gasteiger partial charge in [0.15, 0.2) is 0 Å². The molecule has 0 saturated heterocycles. The average Bonchev–Trinajstić information content (AvgIpc) is 2.76. The van der Waals surface area contributed by atoms with Crippen LogP contribution in [-0.4, -0.2) is 12.3 Å². The molecule has 1 fully saturated rings. The molecule has 112 valence electrons. The molecule has 1 aromatic carbocycles. The highest BCUT2D eigenvalue weighted by atomic mass is 32.2. The molecular formula is C18H29NS. The van der Waals surface area contributed by atoms with Crippen LogP contribution in [0.1, 0.15) is 64.0 Å². The fourth-order valence-corrected chi connectivity index (χ4v) is 3.74. The Balaban J connectivity index is 1.89. The van der Waals surface area contributed by atoms with E-state index in [1.54, 1.807) is 0 Å². The Kier molecular flexibility index (Phi) is 6.44. The zero-order valence-electron chi connectivity index (χ0n) is 13.2. The highest BCUT2D eigenvalue weighted by Gasteiger charge is 2.20. The second-order valence-corrected chi connectivity index (χ2v) is 7.08. The number of hydrogen-bond donors (Lipinski definition) is 1. The molecule has 1 unspecified atom stereocenters. The highest BCUT2D eigenvalue weighted by Crippen LogP contribution is 2.27. The summed E-state index contributed by atoms with van der Waals surface area (Å²) in [6.45, 7) is 4.67. The molecule has 2 rings (SSSR count). The zero-order valence-corrected chi connectivity index (χ0v) is 14.0. The summed E-state index contributed by atoms with van der Waals surface area (Å²) in [4.78, 5) is 1.35. The van der Waals surface area contributed by atoms with Crippen LogP contribution in [0.25, 0.3) is 0 Å². The zero-order chi connectivity index (χ0) is 14.4. The van der Waals surface area contributed by atoms with E-state index in [9.17, 15) is 0 Å². The molecule has 0 bridgehead atoms. The molecule has 0 radical (unpaired) electrons. The molecule has 1 N–H and O–H groups in total. The molecular weight excluding hydrogens is 262 g/mol. The maximum atomic E-state index is 3.82. The first-order chi connectivity index (χ1) is 9.70. The third kappa shape index (κ3) is 4.53. The first-order valence-corrected chi connectivity index (χ1v) is 9.33. The minimum atomic E-state index is 0.448. The molecule has 1 nitrogen and oxygen atoms in total. The van der Waals surface area contributed by atoms with Crippen LogP contribution < -0.4 is 5.32 Å². The summed E-state index contributed by atoms with van der Waals surface area (Å²) in [6, 6.07) is 10.1. The van der Waals surface area contributed by atoms with E-state index < -0.39 is 0 Å². The van der Waals surface area contributed by atoms with E-state index in [2.05, 4.69) is 49.7 Å². The van der Waals surface area contributed by atoms with Gasteiger partial charge in [0, 0.05) is 17.0 Å². The lowest BCUT2D eigenvalue weighted by molar-refractivity contribution is 0.316. The van der Waals surface area contributed by atoms with Crippen molar-refractivity contribution in [2.75, 3.05) is 6.26 Å². The lowest BCUT2D eigenvalue weighted by atomic mass is 9.92. The van der Waals surface area contributed by atoms with Gasteiger partial charge < -0.3 is 5.32 Å². The molecule has 2 heteroatoms. The van der Waals surface area contributed by atoms with Gasteiger partial charge in [0.2, 0.25) is 0 Å². The fraction of sp³-hybridized carbons (Fsp3) is 0.667. The Morgan fingerprint density at radius 2 is 1.60 bits per heavy atom. The standard InChI is InChI=1S/C18H29NS/c1-14(16-8-6-4-5-7-9-16)19-15(2)17-10-12-18(20-3)13-11-17/h10-16,19H,4-9H2,1-3H3/t14-,15?/m1/s1. The molecule has 0 aliphatic heterocycles. The van der Waals surface area contributed by atoms with Crippen molar-refractivity contribution in [1.82, 2.24) is 5.32 Å². The van der Waals surface area contributed by atoms with Gasteiger partial charge in [-0.3, -0.25) is 0 Å². The Bertz CT molecular complexity index is 379. The van der Waals surface area contributed by atoms with Crippen LogP contribution in [0.3, 0.4) is 0 Å². The van der Waals surface area contributed by atoms with Gasteiger partial charge in [-0.1, -0.05) is 37.8 Å². The van der Waals surface area contributed by atoms with Crippen LogP contribution in [0.2, 0.25) is 0 Å². The molecule has 0 amide bonds. The van der Waals surface area contributed by atoms with E-state index in [1.807, 2.05) is 11.8 Å². The van der Waals surface area contributed by atoms with Gasteiger partial charge in [0.1, 0.15) is 0 Å². The van der Waals surface area contributed by atoms with Crippen LogP contribution in [0.4, 0.5) is 0 Å². The molecule has 1 aliphatic carbocycles. The summed E-state index contributed by atoms with van der Waals surface area (Å²) in [7, 11) is 0. The van der Waals surface area contributed by atoms with Gasteiger partial charge >= 0.3 is 0 Å². The van der Waals surface area contributed by atoms with E-state index in [4.69, 9.17) is 0 Å². The summed E-state index contributed by atoms with van der Waals surface area (Å²) in [6.07, 6.45) is 10.7. The number of thioether (sulfide) groups is 1. The molecule has 1 aromatic rings. The normalized spacial score (nSPS) is 20.4. The largest absolute Gasteiger partial charge is 0.307 e. The van der Waals surface area contributed by atoms with Gasteiger partial charge in [-0.15, -0.1) is 11.8 Å². The fourth-order valence-electron chi connectivity index (χ4n) is 3.33. The Morgan fingerprint density at radius 1 is 1.00 bits per heavy atom. The molecule has 2 atom stereocenters. The maximum Gasteiger partial charge on any atom is 0.0294 e. The average molecular weight is 292 g/mol. The molecule has 1 saturated carbocycles. The summed E-state index contributed by atoms with van der Waals surface area (Å²) < 4.78 is 0. The molecule has 1 aliphatic rings. The Morgan fingerprint density at radius 3 is 2.15 bits per heavy atom. The van der Waals surface area contributed by atoms with Crippen molar-refractivity contribution >= 4 is 11.8 Å². The van der Waals surface area contributed by atoms with Gasteiger partial charge in [0.05, 0.1) is 0 Å². The summed E-state index contributed by atoms with van der Waals surface area (Å²) in [5.74, 6) is 0.866. The van der Waals surface area contributed by atoms with Crippen LogP contribution in [0.15, 0.2) is 29.2 Å². The first-order valence-electron chi connectivity index (χ1n) is 8.10. The number of nitrogens with one attached hydrogen (secondary N) is 1. The second-order valence-electron chi connectivity index (χ2n) is 6.20. The van der Waals surface area contributed by atoms with Crippen molar-refractivity contribution in [2.24, 2.45) is 5.92 Å². The van der Waals surface area contributed by atoms with Crippen molar-refractivity contribution < 1.29 is 0 Å². The van der Waals surface area contributed by atoms with Crippen molar-refractivity contribution in [3.8, 4) is 0 Å². The SMILES string of the molecule is CSc1ccc(C(C)N[C@H](C)C2CCCCCC2)cc1. The van der Waals surface area contributed by atoms with E-state index in [1.165, 1.54) is 49.0 Å². The molecule has 0 spiro atoms. The summed E-state index contributed by atoms with van der Waals surface area (Å²) >= 11 is 1.81. The number of hydrogen-bond acceptors (Lipinski definition) is 2. The van der Waals surface area contributed by atoms with Crippen molar-refractivity contribution in [1.29, 1.82) is 0 Å². The van der Waals surface area contributed by atoms with Gasteiger partial charge in [-0.05, 0) is 56.6 Å². The third-order valence-corrected chi connectivity index (χ3v) is 5.48. The quantitative estimate of drug-likeness (QED) is 0.574. The van der Waals surface area contributed by atoms with Crippen LogP contribution in [0.5, 0.6) is 0 Å².